The van der Waals surface area contributed by atoms with Crippen LogP contribution in [0.25, 0.3) is 0 Å². The summed E-state index contributed by atoms with van der Waals surface area (Å²) in [5.41, 5.74) is 1.15. The second kappa shape index (κ2) is 7.84. The number of para-hydroxylation sites is 1. The number of methoxy groups -OCH3 is 1. The molecule has 0 aliphatic carbocycles. The van der Waals surface area contributed by atoms with Gasteiger partial charge in [0.1, 0.15) is 5.75 Å². The van der Waals surface area contributed by atoms with Crippen molar-refractivity contribution in [1.29, 1.82) is 0 Å². The summed E-state index contributed by atoms with van der Waals surface area (Å²) in [7, 11) is 1.70. The summed E-state index contributed by atoms with van der Waals surface area (Å²) >= 11 is 0. The Hall–Kier alpha value is -1.26. The average Bonchev–Trinajstić information content (AvgIpc) is 3.04. The molecule has 1 aromatic carbocycles. The van der Waals surface area contributed by atoms with Crippen LogP contribution in [0.4, 0.5) is 0 Å². The number of rotatable bonds is 3. The number of hydrogen-bond acceptors (Lipinski definition) is 3. The maximum absolute atomic E-state index is 12.8. The summed E-state index contributed by atoms with van der Waals surface area (Å²) in [6, 6.07) is 8.28. The Morgan fingerprint density at radius 1 is 1.23 bits per heavy atom. The first-order valence-electron chi connectivity index (χ1n) is 7.95. The molecule has 3 rings (SSSR count). The maximum Gasteiger partial charge on any atom is 0.226 e. The van der Waals surface area contributed by atoms with Crippen molar-refractivity contribution in [3.63, 3.8) is 0 Å². The van der Waals surface area contributed by atoms with Gasteiger partial charge in [-0.05, 0) is 44.8 Å². The first-order chi connectivity index (χ1) is 10.3. The van der Waals surface area contributed by atoms with E-state index in [2.05, 4.69) is 16.3 Å². The fourth-order valence-electron chi connectivity index (χ4n) is 3.60. The monoisotopic (exact) mass is 324 g/mol. The largest absolute Gasteiger partial charge is 0.496 e. The van der Waals surface area contributed by atoms with Gasteiger partial charge in [0.15, 0.2) is 0 Å². The lowest BCUT2D eigenvalue weighted by Crippen LogP contribution is -2.40. The van der Waals surface area contributed by atoms with Crippen LogP contribution in [0.15, 0.2) is 24.3 Å². The molecule has 1 amide bonds. The van der Waals surface area contributed by atoms with Gasteiger partial charge in [0.05, 0.1) is 13.2 Å². The molecule has 122 valence electrons. The van der Waals surface area contributed by atoms with Gasteiger partial charge in [-0.2, -0.15) is 0 Å². The second-order valence-electron chi connectivity index (χ2n) is 5.96. The van der Waals surface area contributed by atoms with E-state index in [1.165, 1.54) is 0 Å². The fraction of sp³-hybridized carbons (Fsp3) is 0.588. The van der Waals surface area contributed by atoms with Crippen LogP contribution in [-0.4, -0.2) is 37.6 Å². The minimum absolute atomic E-state index is 0. The zero-order valence-corrected chi connectivity index (χ0v) is 13.9. The Labute approximate surface area is 138 Å². The molecule has 1 unspecified atom stereocenters. The standard InChI is InChI=1S/C17H24N2O2.ClH/c1-21-16-7-3-2-5-14(16)15-6-4-12-19(15)17(20)13-8-10-18-11-9-13;/h2-3,5,7,13,15,18H,4,6,8-12H2,1H3;1H. The molecule has 1 atom stereocenters. The van der Waals surface area contributed by atoms with Crippen molar-refractivity contribution >= 4 is 18.3 Å². The van der Waals surface area contributed by atoms with Gasteiger partial charge in [-0.15, -0.1) is 12.4 Å². The lowest BCUT2D eigenvalue weighted by molar-refractivity contribution is -0.137. The number of benzene rings is 1. The van der Waals surface area contributed by atoms with Crippen LogP contribution in [0.1, 0.15) is 37.3 Å². The number of hydrogen-bond donors (Lipinski definition) is 1. The van der Waals surface area contributed by atoms with Crippen LogP contribution in [0.2, 0.25) is 0 Å². The Kier molecular flexibility index (Phi) is 6.09. The molecule has 1 N–H and O–H groups in total. The van der Waals surface area contributed by atoms with E-state index in [1.807, 2.05) is 18.2 Å². The van der Waals surface area contributed by atoms with Crippen LogP contribution < -0.4 is 10.1 Å². The zero-order chi connectivity index (χ0) is 14.7. The van der Waals surface area contributed by atoms with Crippen molar-refractivity contribution in [2.75, 3.05) is 26.7 Å². The molecule has 0 spiro atoms. The van der Waals surface area contributed by atoms with Gasteiger partial charge in [-0.3, -0.25) is 4.79 Å². The smallest absolute Gasteiger partial charge is 0.226 e. The molecule has 0 saturated carbocycles. The summed E-state index contributed by atoms with van der Waals surface area (Å²) in [6.45, 7) is 2.80. The van der Waals surface area contributed by atoms with Gasteiger partial charge < -0.3 is 15.0 Å². The van der Waals surface area contributed by atoms with E-state index in [1.54, 1.807) is 7.11 Å². The van der Waals surface area contributed by atoms with Gasteiger partial charge in [-0.25, -0.2) is 0 Å². The molecule has 0 radical (unpaired) electrons. The zero-order valence-electron chi connectivity index (χ0n) is 13.1. The van der Waals surface area contributed by atoms with Gasteiger partial charge in [-0.1, -0.05) is 18.2 Å². The van der Waals surface area contributed by atoms with E-state index < -0.39 is 0 Å². The lowest BCUT2D eigenvalue weighted by atomic mass is 9.95. The minimum Gasteiger partial charge on any atom is -0.496 e. The molecule has 5 heteroatoms. The van der Waals surface area contributed by atoms with Crippen molar-refractivity contribution in [2.24, 2.45) is 5.92 Å². The third-order valence-electron chi connectivity index (χ3n) is 4.72. The Morgan fingerprint density at radius 3 is 2.68 bits per heavy atom. The quantitative estimate of drug-likeness (QED) is 0.929. The third-order valence-corrected chi connectivity index (χ3v) is 4.72. The molecule has 2 heterocycles. The molecule has 0 aromatic heterocycles. The van der Waals surface area contributed by atoms with Crippen LogP contribution in [0, 0.1) is 5.92 Å². The van der Waals surface area contributed by atoms with Crippen LogP contribution in [0.3, 0.4) is 0 Å². The maximum atomic E-state index is 12.8. The molecule has 22 heavy (non-hydrogen) atoms. The van der Waals surface area contributed by atoms with Gasteiger partial charge in [0.25, 0.3) is 0 Å². The first kappa shape index (κ1) is 17.1. The summed E-state index contributed by atoms with van der Waals surface area (Å²) in [5, 5.41) is 3.33. The SMILES string of the molecule is COc1ccccc1C1CCCN1C(=O)C1CCNCC1.Cl. The summed E-state index contributed by atoms with van der Waals surface area (Å²) < 4.78 is 5.48. The summed E-state index contributed by atoms with van der Waals surface area (Å²) in [5.74, 6) is 1.43. The molecule has 4 nitrogen and oxygen atoms in total. The Morgan fingerprint density at radius 2 is 1.95 bits per heavy atom. The third kappa shape index (κ3) is 3.39. The highest BCUT2D eigenvalue weighted by molar-refractivity contribution is 5.85. The Bertz CT molecular complexity index is 503. The molecule has 2 fully saturated rings. The number of likely N-dealkylation sites (tertiary alicyclic amines) is 1. The van der Waals surface area contributed by atoms with Gasteiger partial charge >= 0.3 is 0 Å². The summed E-state index contributed by atoms with van der Waals surface area (Å²) in [6.07, 6.45) is 4.05. The number of carbonyl (C=O) groups is 1. The topological polar surface area (TPSA) is 41.6 Å². The van der Waals surface area contributed by atoms with Crippen molar-refractivity contribution in [3.8, 4) is 5.75 Å². The van der Waals surface area contributed by atoms with Crippen LogP contribution >= 0.6 is 12.4 Å². The van der Waals surface area contributed by atoms with E-state index >= 15 is 0 Å². The number of amides is 1. The molecule has 2 aliphatic rings. The summed E-state index contributed by atoms with van der Waals surface area (Å²) in [4.78, 5) is 14.9. The van der Waals surface area contributed by atoms with Crippen molar-refractivity contribution in [1.82, 2.24) is 10.2 Å². The number of halogens is 1. The number of ether oxygens (including phenoxy) is 1. The molecule has 2 saturated heterocycles. The number of piperidine rings is 1. The lowest BCUT2D eigenvalue weighted by Gasteiger charge is -2.31. The van der Waals surface area contributed by atoms with E-state index in [4.69, 9.17) is 4.74 Å². The number of nitrogens with one attached hydrogen (secondary N) is 1. The highest BCUT2D eigenvalue weighted by Crippen LogP contribution is 2.38. The van der Waals surface area contributed by atoms with Gasteiger partial charge in [0.2, 0.25) is 5.91 Å². The number of carbonyl (C=O) groups excluding carboxylic acids is 1. The Balaban J connectivity index is 0.00000176. The van der Waals surface area contributed by atoms with Crippen molar-refractivity contribution in [3.05, 3.63) is 29.8 Å². The van der Waals surface area contributed by atoms with Crippen LogP contribution in [0.5, 0.6) is 5.75 Å². The van der Waals surface area contributed by atoms with Crippen molar-refractivity contribution in [2.45, 2.75) is 31.7 Å². The van der Waals surface area contributed by atoms with E-state index in [-0.39, 0.29) is 24.4 Å². The highest BCUT2D eigenvalue weighted by Gasteiger charge is 2.35. The van der Waals surface area contributed by atoms with Crippen LogP contribution in [-0.2, 0) is 4.79 Å². The predicted molar refractivity (Wildman–Crippen MR) is 89.5 cm³/mol. The van der Waals surface area contributed by atoms with Gasteiger partial charge in [0, 0.05) is 18.0 Å². The average molecular weight is 325 g/mol. The fourth-order valence-corrected chi connectivity index (χ4v) is 3.60. The number of nitrogens with zero attached hydrogens (tertiary/aromatic N) is 1. The highest BCUT2D eigenvalue weighted by atomic mass is 35.5. The minimum atomic E-state index is 0. The van der Waals surface area contributed by atoms with E-state index in [0.29, 0.717) is 5.91 Å². The normalized spacial score (nSPS) is 22.2. The van der Waals surface area contributed by atoms with Crippen molar-refractivity contribution < 1.29 is 9.53 Å². The molecular formula is C17H25ClN2O2. The van der Waals surface area contributed by atoms with E-state index in [0.717, 1.165) is 56.6 Å². The molecule has 1 aromatic rings. The second-order valence-corrected chi connectivity index (χ2v) is 5.96. The predicted octanol–water partition coefficient (Wildman–Crippen LogP) is 2.78. The molecule has 0 bridgehead atoms. The van der Waals surface area contributed by atoms with E-state index in [9.17, 15) is 4.79 Å². The molecular weight excluding hydrogens is 300 g/mol. The first-order valence-corrected chi connectivity index (χ1v) is 7.95. The molecule has 2 aliphatic heterocycles.